The first-order valence-electron chi connectivity index (χ1n) is 6.83. The Morgan fingerprint density at radius 2 is 2.18 bits per heavy atom. The Labute approximate surface area is 128 Å². The van der Waals surface area contributed by atoms with Gasteiger partial charge in [0.15, 0.2) is 0 Å². The fourth-order valence-corrected chi connectivity index (χ4v) is 3.61. The minimum Gasteiger partial charge on any atom is -0.312 e. The molecule has 1 amide bonds. The van der Waals surface area contributed by atoms with Crippen LogP contribution in [0.5, 0.6) is 0 Å². The van der Waals surface area contributed by atoms with Gasteiger partial charge in [0.1, 0.15) is 0 Å². The van der Waals surface area contributed by atoms with Crippen LogP contribution in [-0.4, -0.2) is 36.8 Å². The number of carbonyl (C=O) groups is 1. The van der Waals surface area contributed by atoms with Gasteiger partial charge in [-0.1, -0.05) is 12.1 Å². The highest BCUT2D eigenvalue weighted by Crippen LogP contribution is 2.28. The van der Waals surface area contributed by atoms with Crippen molar-refractivity contribution in [3.63, 3.8) is 0 Å². The molecule has 1 aromatic heterocycles. The number of hydrogen-bond acceptors (Lipinski definition) is 4. The molecule has 8 heteroatoms. The minimum absolute atomic E-state index is 0.0876. The molecule has 22 heavy (non-hydrogen) atoms. The van der Waals surface area contributed by atoms with E-state index < -0.39 is 10.0 Å². The second kappa shape index (κ2) is 5.54. The number of amides is 1. The van der Waals surface area contributed by atoms with Gasteiger partial charge in [-0.15, -0.1) is 0 Å². The predicted molar refractivity (Wildman–Crippen MR) is 82.5 cm³/mol. The molecule has 0 aliphatic carbocycles. The summed E-state index contributed by atoms with van der Waals surface area (Å²) in [7, 11) is -3.57. The molecule has 0 saturated carbocycles. The Morgan fingerprint density at radius 1 is 1.36 bits per heavy atom. The molecule has 0 radical (unpaired) electrons. The lowest BCUT2D eigenvalue weighted by molar-refractivity contribution is -0.117. The number of H-pyrrole nitrogens is 1. The highest BCUT2D eigenvalue weighted by Gasteiger charge is 2.32. The van der Waals surface area contributed by atoms with Crippen LogP contribution < -0.4 is 10.0 Å². The normalized spacial score (nSPS) is 18.9. The fourth-order valence-electron chi connectivity index (χ4n) is 2.73. The fraction of sp³-hybridized carbons (Fsp3) is 0.286. The zero-order chi connectivity index (χ0) is 15.7. The molecule has 1 fully saturated rings. The van der Waals surface area contributed by atoms with Gasteiger partial charge in [0.05, 0.1) is 11.4 Å². The number of anilines is 1. The molecule has 1 atom stereocenters. The Bertz CT molecular complexity index is 786. The van der Waals surface area contributed by atoms with Crippen LogP contribution in [0.4, 0.5) is 5.69 Å². The first-order chi connectivity index (χ1) is 10.4. The van der Waals surface area contributed by atoms with E-state index in [1.54, 1.807) is 11.1 Å². The summed E-state index contributed by atoms with van der Waals surface area (Å²) in [5, 5.41) is 11.8. The zero-order valence-corrected chi connectivity index (χ0v) is 12.6. The zero-order valence-electron chi connectivity index (χ0n) is 11.8. The number of aromatic amines is 1. The number of nitrogens with one attached hydrogen (secondary N) is 1. The van der Waals surface area contributed by atoms with E-state index >= 15 is 0 Å². The quantitative estimate of drug-likeness (QED) is 0.865. The van der Waals surface area contributed by atoms with Crippen LogP contribution >= 0.6 is 0 Å². The van der Waals surface area contributed by atoms with Crippen molar-refractivity contribution in [3.05, 3.63) is 36.5 Å². The van der Waals surface area contributed by atoms with Crippen LogP contribution in [0.15, 0.2) is 36.5 Å². The van der Waals surface area contributed by atoms with Crippen molar-refractivity contribution in [2.45, 2.75) is 6.42 Å². The van der Waals surface area contributed by atoms with Crippen molar-refractivity contribution >= 4 is 21.6 Å². The molecule has 1 unspecified atom stereocenters. The molecular formula is C14H16N4O3S. The van der Waals surface area contributed by atoms with E-state index in [-0.39, 0.29) is 24.0 Å². The van der Waals surface area contributed by atoms with E-state index in [4.69, 9.17) is 5.14 Å². The molecule has 1 saturated heterocycles. The van der Waals surface area contributed by atoms with Crippen LogP contribution in [0.1, 0.15) is 6.42 Å². The molecule has 1 aliphatic heterocycles. The maximum Gasteiger partial charge on any atom is 0.227 e. The third-order valence-corrected chi connectivity index (χ3v) is 4.58. The minimum atomic E-state index is -3.57. The maximum atomic E-state index is 12.1. The molecule has 2 heterocycles. The highest BCUT2D eigenvalue weighted by atomic mass is 32.2. The van der Waals surface area contributed by atoms with Crippen LogP contribution in [0.3, 0.4) is 0 Å². The van der Waals surface area contributed by atoms with Crippen LogP contribution in [0, 0.1) is 5.92 Å². The molecule has 116 valence electrons. The third kappa shape index (κ3) is 3.18. The molecular weight excluding hydrogens is 304 g/mol. The Hall–Kier alpha value is -2.19. The van der Waals surface area contributed by atoms with Gasteiger partial charge in [0.25, 0.3) is 0 Å². The number of sulfonamides is 1. The summed E-state index contributed by atoms with van der Waals surface area (Å²) < 4.78 is 22.4. The number of aromatic nitrogens is 2. The topological polar surface area (TPSA) is 109 Å². The molecule has 3 N–H and O–H groups in total. The van der Waals surface area contributed by atoms with Gasteiger partial charge < -0.3 is 4.90 Å². The van der Waals surface area contributed by atoms with Gasteiger partial charge in [-0.2, -0.15) is 5.10 Å². The Morgan fingerprint density at radius 3 is 2.86 bits per heavy atom. The Kier molecular flexibility index (Phi) is 3.71. The van der Waals surface area contributed by atoms with Crippen molar-refractivity contribution in [1.29, 1.82) is 0 Å². The largest absolute Gasteiger partial charge is 0.312 e. The van der Waals surface area contributed by atoms with Gasteiger partial charge in [0, 0.05) is 36.3 Å². The number of nitrogens with two attached hydrogens (primary N) is 1. The molecule has 3 rings (SSSR count). The van der Waals surface area contributed by atoms with Gasteiger partial charge in [0.2, 0.25) is 15.9 Å². The molecule has 0 spiro atoms. The summed E-state index contributed by atoms with van der Waals surface area (Å²) in [6.07, 6.45) is 1.86. The number of rotatable bonds is 4. The predicted octanol–water partition coefficient (Wildman–Crippen LogP) is 0.718. The lowest BCUT2D eigenvalue weighted by Gasteiger charge is -2.17. The number of nitrogens with zero attached hydrogens (tertiary/aromatic N) is 2. The summed E-state index contributed by atoms with van der Waals surface area (Å²) >= 11 is 0. The number of primary sulfonamides is 1. The van der Waals surface area contributed by atoms with E-state index in [9.17, 15) is 13.2 Å². The van der Waals surface area contributed by atoms with E-state index in [2.05, 4.69) is 10.2 Å². The lowest BCUT2D eigenvalue weighted by Crippen LogP contribution is -2.27. The standard InChI is InChI=1S/C14H16N4O3S/c15-22(20,21)9-10-6-14(19)18(8-10)12-3-1-2-11(7-12)13-4-5-16-17-13/h1-5,7,10H,6,8-9H2,(H,16,17)(H2,15,20,21). The van der Waals surface area contributed by atoms with Gasteiger partial charge in [-0.3, -0.25) is 9.89 Å². The van der Waals surface area contributed by atoms with Crippen molar-refractivity contribution in [2.24, 2.45) is 11.1 Å². The molecule has 7 nitrogen and oxygen atoms in total. The SMILES string of the molecule is NS(=O)(=O)CC1CC(=O)N(c2cccc(-c3ccn[nH]3)c2)C1. The second-order valence-corrected chi connectivity index (χ2v) is 7.08. The number of carbonyl (C=O) groups excluding carboxylic acids is 1. The number of benzene rings is 1. The van der Waals surface area contributed by atoms with Gasteiger partial charge >= 0.3 is 0 Å². The average molecular weight is 320 g/mol. The van der Waals surface area contributed by atoms with Crippen molar-refractivity contribution in [1.82, 2.24) is 10.2 Å². The molecule has 0 bridgehead atoms. The van der Waals surface area contributed by atoms with Crippen LogP contribution in [-0.2, 0) is 14.8 Å². The Balaban J connectivity index is 1.83. The first-order valence-corrected chi connectivity index (χ1v) is 8.54. The molecule has 1 aliphatic rings. The lowest BCUT2D eigenvalue weighted by atomic mass is 10.1. The van der Waals surface area contributed by atoms with E-state index in [0.29, 0.717) is 6.54 Å². The van der Waals surface area contributed by atoms with Gasteiger partial charge in [-0.05, 0) is 18.2 Å². The summed E-state index contributed by atoms with van der Waals surface area (Å²) in [4.78, 5) is 13.7. The van der Waals surface area contributed by atoms with E-state index in [0.717, 1.165) is 16.9 Å². The maximum absolute atomic E-state index is 12.1. The van der Waals surface area contributed by atoms with Crippen molar-refractivity contribution < 1.29 is 13.2 Å². The average Bonchev–Trinajstić information content (AvgIpc) is 3.07. The van der Waals surface area contributed by atoms with Gasteiger partial charge in [-0.25, -0.2) is 13.6 Å². The number of hydrogen-bond donors (Lipinski definition) is 2. The van der Waals surface area contributed by atoms with Crippen LogP contribution in [0.25, 0.3) is 11.3 Å². The van der Waals surface area contributed by atoms with Crippen molar-refractivity contribution in [3.8, 4) is 11.3 Å². The van der Waals surface area contributed by atoms with Crippen molar-refractivity contribution in [2.75, 3.05) is 17.2 Å². The molecule has 2 aromatic rings. The summed E-state index contributed by atoms with van der Waals surface area (Å²) in [5.74, 6) is -0.524. The first kappa shape index (κ1) is 14.7. The van der Waals surface area contributed by atoms with Crippen LogP contribution in [0.2, 0.25) is 0 Å². The summed E-state index contributed by atoms with van der Waals surface area (Å²) in [6, 6.07) is 9.32. The third-order valence-electron chi connectivity index (χ3n) is 3.64. The van der Waals surface area contributed by atoms with E-state index in [1.807, 2.05) is 30.3 Å². The monoisotopic (exact) mass is 320 g/mol. The summed E-state index contributed by atoms with van der Waals surface area (Å²) in [5.41, 5.74) is 2.52. The highest BCUT2D eigenvalue weighted by molar-refractivity contribution is 7.89. The second-order valence-electron chi connectivity index (χ2n) is 5.42. The summed E-state index contributed by atoms with van der Waals surface area (Å²) in [6.45, 7) is 0.363. The molecule has 1 aromatic carbocycles. The smallest absolute Gasteiger partial charge is 0.227 e. The van der Waals surface area contributed by atoms with E-state index in [1.165, 1.54) is 0 Å².